The Morgan fingerprint density at radius 2 is 0.739 bits per heavy atom. The van der Waals surface area contributed by atoms with E-state index in [1.807, 2.05) is 52.0 Å². The molecule has 0 atom stereocenters. The van der Waals surface area contributed by atoms with E-state index in [0.29, 0.717) is 35.8 Å². The number of rotatable bonds is 11. The smallest absolute Gasteiger partial charge is 0.292 e. The maximum Gasteiger partial charge on any atom is 0.292 e. The highest BCUT2D eigenvalue weighted by Crippen LogP contribution is 2.46. The summed E-state index contributed by atoms with van der Waals surface area (Å²) in [6.45, 7) is 12.1. The van der Waals surface area contributed by atoms with E-state index in [1.54, 1.807) is 49.3 Å². The van der Waals surface area contributed by atoms with Gasteiger partial charge in [-0.25, -0.2) is 0 Å². The van der Waals surface area contributed by atoms with Crippen molar-refractivity contribution < 1.29 is 18.9 Å². The molecule has 0 aliphatic heterocycles. The maximum atomic E-state index is 9.24. The summed E-state index contributed by atoms with van der Waals surface area (Å²) in [5.41, 5.74) is 6.50. The van der Waals surface area contributed by atoms with Gasteiger partial charge in [0.05, 0.1) is 0 Å². The Kier molecular flexibility index (Phi) is 9.87. The van der Waals surface area contributed by atoms with Crippen molar-refractivity contribution in [1.29, 1.82) is 21.0 Å². The van der Waals surface area contributed by atoms with Crippen LogP contribution in [0.15, 0.2) is 72.8 Å². The number of hydrogen-bond acceptors (Lipinski definition) is 8. The van der Waals surface area contributed by atoms with Crippen LogP contribution >= 0.6 is 0 Å². The van der Waals surface area contributed by atoms with Crippen LogP contribution in [0.2, 0.25) is 0 Å². The molecule has 0 aromatic heterocycles. The van der Waals surface area contributed by atoms with Crippen LogP contribution in [0.4, 0.5) is 0 Å². The molecule has 0 saturated heterocycles. The van der Waals surface area contributed by atoms with E-state index in [9.17, 15) is 10.5 Å². The third kappa shape index (κ3) is 6.58. The summed E-state index contributed by atoms with van der Waals surface area (Å²) in [5, 5.41) is 36.5. The van der Waals surface area contributed by atoms with E-state index in [4.69, 9.17) is 29.5 Å². The fourth-order valence-electron chi connectivity index (χ4n) is 6.25. The molecule has 0 spiro atoms. The normalized spacial score (nSPS) is 10.9. The Morgan fingerprint density at radius 1 is 0.457 bits per heavy atom. The molecule has 0 fully saturated rings. The van der Waals surface area contributed by atoms with E-state index >= 15 is 0 Å². The van der Waals surface area contributed by atoms with Crippen molar-refractivity contribution in [2.75, 3.05) is 0 Å². The van der Waals surface area contributed by atoms with Gasteiger partial charge < -0.3 is 18.9 Å². The molecule has 8 heteroatoms. The van der Waals surface area contributed by atoms with Gasteiger partial charge in [-0.05, 0) is 109 Å². The standard InChI is InChI=1S/C38H34N4O4/c1-25-17-31(18-26(2)35(25)45-23-41)38(6,32-19-27(3)36(46-24-42)28(4)20-32)16-15-37(5,29-7-11-33(12-8-29)43-21-39)30-9-13-34(14-10-30)44-22-40/h7-14,17-20H,15-16H2,1-6H3. The van der Waals surface area contributed by atoms with Gasteiger partial charge in [-0.15, -0.1) is 21.0 Å². The first-order valence-corrected chi connectivity index (χ1v) is 14.7. The summed E-state index contributed by atoms with van der Waals surface area (Å²) in [7, 11) is 0. The SMILES string of the molecule is Cc1cc(C(C)(CCC(C)(c2ccc(OC#N)cc2)c2ccc(OC#N)cc2)c2cc(C)c(OC#N)c(C)c2)cc(C)c1OC#N. The van der Waals surface area contributed by atoms with E-state index in [0.717, 1.165) is 44.5 Å². The Labute approximate surface area is 270 Å². The lowest BCUT2D eigenvalue weighted by Gasteiger charge is -2.38. The highest BCUT2D eigenvalue weighted by molar-refractivity contribution is 5.53. The lowest BCUT2D eigenvalue weighted by atomic mass is 9.65. The summed E-state index contributed by atoms with van der Waals surface area (Å²) < 4.78 is 20.7. The van der Waals surface area contributed by atoms with Gasteiger partial charge in [-0.1, -0.05) is 62.4 Å². The Balaban J connectivity index is 1.89. The highest BCUT2D eigenvalue weighted by atomic mass is 16.5. The second-order valence-corrected chi connectivity index (χ2v) is 11.9. The lowest BCUT2D eigenvalue weighted by Crippen LogP contribution is -2.31. The average Bonchev–Trinajstić information content (AvgIpc) is 3.04. The molecule has 0 aliphatic carbocycles. The summed E-state index contributed by atoms with van der Waals surface area (Å²) in [6, 6.07) is 23.3. The number of hydrogen-bond donors (Lipinski definition) is 0. The molecule has 0 bridgehead atoms. The molecule has 0 aliphatic rings. The third-order valence-electron chi connectivity index (χ3n) is 8.93. The van der Waals surface area contributed by atoms with Crippen molar-refractivity contribution in [3.05, 3.63) is 117 Å². The van der Waals surface area contributed by atoms with Crippen LogP contribution in [0.5, 0.6) is 23.0 Å². The van der Waals surface area contributed by atoms with Crippen molar-refractivity contribution in [1.82, 2.24) is 0 Å². The second kappa shape index (κ2) is 13.8. The number of nitriles is 4. The van der Waals surface area contributed by atoms with Crippen molar-refractivity contribution >= 4 is 0 Å². The third-order valence-corrected chi connectivity index (χ3v) is 8.93. The number of benzene rings is 4. The van der Waals surface area contributed by atoms with Gasteiger partial charge in [0.15, 0.2) is 0 Å². The highest BCUT2D eigenvalue weighted by Gasteiger charge is 2.37. The van der Waals surface area contributed by atoms with Crippen LogP contribution in [0.25, 0.3) is 0 Å². The molecule has 0 amide bonds. The minimum atomic E-state index is -0.531. The van der Waals surface area contributed by atoms with Gasteiger partial charge >= 0.3 is 0 Å². The van der Waals surface area contributed by atoms with Crippen molar-refractivity contribution in [3.8, 4) is 48.0 Å². The fourth-order valence-corrected chi connectivity index (χ4v) is 6.25. The van der Waals surface area contributed by atoms with Gasteiger partial charge in [0, 0.05) is 10.8 Å². The number of nitrogens with zero attached hydrogens (tertiary/aromatic N) is 4. The van der Waals surface area contributed by atoms with Crippen molar-refractivity contribution in [2.24, 2.45) is 0 Å². The minimum Gasteiger partial charge on any atom is -0.388 e. The van der Waals surface area contributed by atoms with Crippen LogP contribution in [0.3, 0.4) is 0 Å². The zero-order valence-electron chi connectivity index (χ0n) is 26.8. The van der Waals surface area contributed by atoms with Crippen LogP contribution in [-0.4, -0.2) is 0 Å². The quantitative estimate of drug-likeness (QED) is 0.155. The summed E-state index contributed by atoms with van der Waals surface area (Å²) >= 11 is 0. The Morgan fingerprint density at radius 3 is 1.02 bits per heavy atom. The Hall–Kier alpha value is -5.96. The molecule has 4 aromatic carbocycles. The van der Waals surface area contributed by atoms with Gasteiger partial charge in [-0.3, -0.25) is 0 Å². The summed E-state index contributed by atoms with van der Waals surface area (Å²) in [5.74, 6) is 1.99. The van der Waals surface area contributed by atoms with Gasteiger partial charge in [0.1, 0.15) is 23.0 Å². The largest absolute Gasteiger partial charge is 0.388 e. The van der Waals surface area contributed by atoms with Gasteiger partial charge in [-0.2, -0.15) is 0 Å². The zero-order valence-corrected chi connectivity index (χ0v) is 26.8. The molecule has 0 unspecified atom stereocenters. The molecule has 8 nitrogen and oxygen atoms in total. The number of ether oxygens (including phenoxy) is 4. The van der Waals surface area contributed by atoms with Crippen LogP contribution in [0, 0.1) is 73.8 Å². The maximum absolute atomic E-state index is 9.24. The van der Waals surface area contributed by atoms with E-state index in [1.165, 1.54) is 0 Å². The minimum absolute atomic E-state index is 0.451. The summed E-state index contributed by atoms with van der Waals surface area (Å²) in [4.78, 5) is 0. The molecule has 0 radical (unpaired) electrons. The average molecular weight is 611 g/mol. The number of aryl methyl sites for hydroxylation is 4. The summed E-state index contributed by atoms with van der Waals surface area (Å²) in [6.07, 6.45) is 8.41. The van der Waals surface area contributed by atoms with Gasteiger partial charge in [0.2, 0.25) is 0 Å². The Bertz CT molecular complexity index is 1730. The molecule has 4 rings (SSSR count). The monoisotopic (exact) mass is 610 g/mol. The predicted molar refractivity (Wildman–Crippen MR) is 172 cm³/mol. The van der Waals surface area contributed by atoms with Crippen molar-refractivity contribution in [3.63, 3.8) is 0 Å². The van der Waals surface area contributed by atoms with Gasteiger partial charge in [0.25, 0.3) is 25.0 Å². The molecule has 0 heterocycles. The van der Waals surface area contributed by atoms with E-state index < -0.39 is 10.8 Å². The molecular weight excluding hydrogens is 576 g/mol. The molecule has 46 heavy (non-hydrogen) atoms. The second-order valence-electron chi connectivity index (χ2n) is 11.9. The van der Waals surface area contributed by atoms with Crippen LogP contribution in [0.1, 0.15) is 71.2 Å². The van der Waals surface area contributed by atoms with Crippen molar-refractivity contribution in [2.45, 2.75) is 65.2 Å². The zero-order chi connectivity index (χ0) is 33.5. The molecule has 4 aromatic rings. The molecule has 230 valence electrons. The first kappa shape index (κ1) is 32.9. The van der Waals surface area contributed by atoms with Crippen LogP contribution in [-0.2, 0) is 10.8 Å². The van der Waals surface area contributed by atoms with E-state index in [-0.39, 0.29) is 0 Å². The molecular formula is C38H34N4O4. The first-order chi connectivity index (χ1) is 22.0. The molecule has 0 N–H and O–H groups in total. The fraction of sp³-hybridized carbons (Fsp3) is 0.263. The topological polar surface area (TPSA) is 132 Å². The predicted octanol–water partition coefficient (Wildman–Crippen LogP) is 8.45. The van der Waals surface area contributed by atoms with E-state index in [2.05, 4.69) is 38.1 Å². The van der Waals surface area contributed by atoms with Crippen LogP contribution < -0.4 is 18.9 Å². The molecule has 0 saturated carbocycles. The lowest BCUT2D eigenvalue weighted by molar-refractivity contribution is 0.410. The first-order valence-electron chi connectivity index (χ1n) is 14.7.